The van der Waals surface area contributed by atoms with Gasteiger partial charge in [0.05, 0.1) is 0 Å². The lowest BCUT2D eigenvalue weighted by atomic mass is 9.83. The van der Waals surface area contributed by atoms with Crippen LogP contribution < -0.4 is 4.90 Å². The van der Waals surface area contributed by atoms with Gasteiger partial charge in [-0.05, 0) is 43.0 Å². The van der Waals surface area contributed by atoms with E-state index >= 15 is 0 Å². The van der Waals surface area contributed by atoms with Crippen molar-refractivity contribution in [3.63, 3.8) is 0 Å². The summed E-state index contributed by atoms with van der Waals surface area (Å²) >= 11 is 0. The molecule has 4 rings (SSSR count). The van der Waals surface area contributed by atoms with Gasteiger partial charge in [-0.15, -0.1) is 15.3 Å². The molecular formula is C17H17F2N5. The van der Waals surface area contributed by atoms with Gasteiger partial charge in [0.1, 0.15) is 17.8 Å². The van der Waals surface area contributed by atoms with Crippen molar-refractivity contribution in [3.8, 4) is 11.4 Å². The van der Waals surface area contributed by atoms with Crippen molar-refractivity contribution < 1.29 is 8.78 Å². The normalized spacial score (nSPS) is 20.1. The molecule has 0 bridgehead atoms. The third-order valence-electron chi connectivity index (χ3n) is 4.43. The Bertz CT molecular complexity index is 872. The maximum Gasteiger partial charge on any atom is 0.185 e. The van der Waals surface area contributed by atoms with Gasteiger partial charge in [0.2, 0.25) is 0 Å². The Morgan fingerprint density at radius 3 is 2.79 bits per heavy atom. The summed E-state index contributed by atoms with van der Waals surface area (Å²) < 4.78 is 28.1. The minimum atomic E-state index is -0.656. The molecule has 0 radical (unpaired) electrons. The van der Waals surface area contributed by atoms with Gasteiger partial charge in [0, 0.05) is 19.2 Å². The molecule has 0 amide bonds. The van der Waals surface area contributed by atoms with Gasteiger partial charge in [-0.2, -0.15) is 4.52 Å². The van der Waals surface area contributed by atoms with Crippen LogP contribution >= 0.6 is 0 Å². The quantitative estimate of drug-likeness (QED) is 0.738. The summed E-state index contributed by atoms with van der Waals surface area (Å²) in [6, 6.07) is 9.89. The molecule has 0 unspecified atom stereocenters. The number of nitrogens with zero attached hydrogens (tertiary/aromatic N) is 5. The van der Waals surface area contributed by atoms with Crippen LogP contribution in [0, 0.1) is 11.7 Å². The highest BCUT2D eigenvalue weighted by Crippen LogP contribution is 2.31. The van der Waals surface area contributed by atoms with Gasteiger partial charge >= 0.3 is 0 Å². The van der Waals surface area contributed by atoms with Gasteiger partial charge in [-0.3, -0.25) is 0 Å². The zero-order valence-electron chi connectivity index (χ0n) is 13.2. The average Bonchev–Trinajstić information content (AvgIpc) is 2.96. The highest BCUT2D eigenvalue weighted by Gasteiger charge is 2.29. The molecule has 0 aliphatic heterocycles. The van der Waals surface area contributed by atoms with Crippen LogP contribution in [-0.4, -0.2) is 39.6 Å². The zero-order chi connectivity index (χ0) is 16.7. The number of halogens is 2. The number of hydrogen-bond donors (Lipinski definition) is 0. The fourth-order valence-corrected chi connectivity index (χ4v) is 3.07. The predicted molar refractivity (Wildman–Crippen MR) is 87.1 cm³/mol. The molecule has 0 N–H and O–H groups in total. The van der Waals surface area contributed by atoms with Crippen molar-refractivity contribution in [2.45, 2.75) is 19.0 Å². The minimum absolute atomic E-state index is 0.330. The first kappa shape index (κ1) is 15.0. The molecule has 1 aliphatic rings. The molecule has 3 aromatic rings. The molecule has 0 atom stereocenters. The third-order valence-corrected chi connectivity index (χ3v) is 4.43. The molecule has 0 saturated heterocycles. The average molecular weight is 329 g/mol. The highest BCUT2D eigenvalue weighted by molar-refractivity contribution is 5.59. The number of aromatic nitrogens is 4. The third kappa shape index (κ3) is 2.70. The monoisotopic (exact) mass is 329 g/mol. The van der Waals surface area contributed by atoms with E-state index in [0.29, 0.717) is 35.8 Å². The van der Waals surface area contributed by atoms with E-state index in [1.807, 2.05) is 24.1 Å². The SMILES string of the molecule is CN(CC1CC(F)C1)c1ccc2nnc(-c3cccc(F)c3)n2n1. The largest absolute Gasteiger partial charge is 0.358 e. The molecule has 1 aromatic carbocycles. The summed E-state index contributed by atoms with van der Waals surface area (Å²) in [5, 5.41) is 12.8. The molecule has 124 valence electrons. The molecular weight excluding hydrogens is 312 g/mol. The van der Waals surface area contributed by atoms with Crippen molar-refractivity contribution in [1.82, 2.24) is 19.8 Å². The van der Waals surface area contributed by atoms with E-state index in [1.54, 1.807) is 16.6 Å². The first-order chi connectivity index (χ1) is 11.6. The van der Waals surface area contributed by atoms with Crippen LogP contribution in [0.15, 0.2) is 36.4 Å². The number of anilines is 1. The Hall–Kier alpha value is -2.57. The summed E-state index contributed by atoms with van der Waals surface area (Å²) in [4.78, 5) is 2.01. The van der Waals surface area contributed by atoms with Crippen LogP contribution in [-0.2, 0) is 0 Å². The van der Waals surface area contributed by atoms with Crippen LogP contribution in [0.2, 0.25) is 0 Å². The second-order valence-electron chi connectivity index (χ2n) is 6.31. The summed E-state index contributed by atoms with van der Waals surface area (Å²) in [6.07, 6.45) is 0.581. The maximum atomic E-state index is 13.5. The Kier molecular flexibility index (Phi) is 3.63. The standard InChI is InChI=1S/C17H17F2N5/c1-23(10-11-7-14(19)8-11)16-6-5-15-20-21-17(24(15)22-16)12-3-2-4-13(18)9-12/h2-6,9,11,14H,7-8,10H2,1H3. The fraction of sp³-hybridized carbons (Fsp3) is 0.353. The molecule has 1 saturated carbocycles. The fourth-order valence-electron chi connectivity index (χ4n) is 3.07. The molecule has 1 fully saturated rings. The van der Waals surface area contributed by atoms with E-state index < -0.39 is 6.17 Å². The van der Waals surface area contributed by atoms with Crippen LogP contribution in [0.5, 0.6) is 0 Å². The molecule has 24 heavy (non-hydrogen) atoms. The predicted octanol–water partition coefficient (Wildman–Crippen LogP) is 3.11. The van der Waals surface area contributed by atoms with Crippen LogP contribution in [0.4, 0.5) is 14.6 Å². The van der Waals surface area contributed by atoms with E-state index in [0.717, 1.165) is 12.4 Å². The molecule has 7 heteroatoms. The van der Waals surface area contributed by atoms with E-state index in [2.05, 4.69) is 15.3 Å². The zero-order valence-corrected chi connectivity index (χ0v) is 13.2. The molecule has 5 nitrogen and oxygen atoms in total. The van der Waals surface area contributed by atoms with Crippen molar-refractivity contribution in [2.75, 3.05) is 18.5 Å². The second-order valence-corrected chi connectivity index (χ2v) is 6.31. The highest BCUT2D eigenvalue weighted by atomic mass is 19.1. The molecule has 2 heterocycles. The number of fused-ring (bicyclic) bond motifs is 1. The van der Waals surface area contributed by atoms with E-state index in [9.17, 15) is 8.78 Å². The number of alkyl halides is 1. The lowest BCUT2D eigenvalue weighted by Crippen LogP contribution is -2.35. The smallest absolute Gasteiger partial charge is 0.185 e. The Balaban J connectivity index is 1.65. The Morgan fingerprint density at radius 1 is 1.21 bits per heavy atom. The van der Waals surface area contributed by atoms with Crippen molar-refractivity contribution in [2.24, 2.45) is 5.92 Å². The van der Waals surface area contributed by atoms with Gasteiger partial charge in [-0.25, -0.2) is 8.78 Å². The summed E-state index contributed by atoms with van der Waals surface area (Å²) in [5.74, 6) is 1.28. The van der Waals surface area contributed by atoms with Crippen molar-refractivity contribution in [3.05, 3.63) is 42.2 Å². The van der Waals surface area contributed by atoms with Crippen LogP contribution in [0.3, 0.4) is 0 Å². The minimum Gasteiger partial charge on any atom is -0.358 e. The Morgan fingerprint density at radius 2 is 2.04 bits per heavy atom. The summed E-state index contributed by atoms with van der Waals surface area (Å²) in [5.41, 5.74) is 1.22. The van der Waals surface area contributed by atoms with Crippen LogP contribution in [0.1, 0.15) is 12.8 Å². The first-order valence-electron chi connectivity index (χ1n) is 7.94. The topological polar surface area (TPSA) is 46.3 Å². The number of rotatable bonds is 4. The van der Waals surface area contributed by atoms with Crippen LogP contribution in [0.25, 0.3) is 17.0 Å². The van der Waals surface area contributed by atoms with Gasteiger partial charge in [0.15, 0.2) is 11.5 Å². The van der Waals surface area contributed by atoms with E-state index in [1.165, 1.54) is 12.1 Å². The lowest BCUT2D eigenvalue weighted by molar-refractivity contribution is 0.136. The molecule has 1 aliphatic carbocycles. The van der Waals surface area contributed by atoms with E-state index in [4.69, 9.17) is 0 Å². The maximum absolute atomic E-state index is 13.5. The van der Waals surface area contributed by atoms with Gasteiger partial charge in [-0.1, -0.05) is 12.1 Å². The second kappa shape index (κ2) is 5.81. The van der Waals surface area contributed by atoms with E-state index in [-0.39, 0.29) is 5.82 Å². The van der Waals surface area contributed by atoms with Gasteiger partial charge in [0.25, 0.3) is 0 Å². The van der Waals surface area contributed by atoms with Crippen molar-refractivity contribution >= 4 is 11.5 Å². The lowest BCUT2D eigenvalue weighted by Gasteiger charge is -2.33. The first-order valence-corrected chi connectivity index (χ1v) is 7.94. The Labute approximate surface area is 137 Å². The van der Waals surface area contributed by atoms with Crippen molar-refractivity contribution in [1.29, 1.82) is 0 Å². The molecule has 2 aromatic heterocycles. The molecule has 0 spiro atoms. The number of hydrogen-bond acceptors (Lipinski definition) is 4. The summed E-state index contributed by atoms with van der Waals surface area (Å²) in [7, 11) is 1.94. The van der Waals surface area contributed by atoms with Gasteiger partial charge < -0.3 is 4.90 Å². The number of benzene rings is 1. The summed E-state index contributed by atoms with van der Waals surface area (Å²) in [6.45, 7) is 0.760.